The maximum atomic E-state index is 12.2. The van der Waals surface area contributed by atoms with Crippen molar-refractivity contribution in [3.63, 3.8) is 0 Å². The summed E-state index contributed by atoms with van der Waals surface area (Å²) in [5.74, 6) is -0.234. The van der Waals surface area contributed by atoms with E-state index in [1.54, 1.807) is 30.7 Å². The molecule has 0 saturated carbocycles. The van der Waals surface area contributed by atoms with Crippen LogP contribution in [0.3, 0.4) is 0 Å². The highest BCUT2D eigenvalue weighted by molar-refractivity contribution is 9.10. The van der Waals surface area contributed by atoms with Crippen molar-refractivity contribution in [2.45, 2.75) is 0 Å². The number of nitrogens with one attached hydrogen (secondary N) is 1. The maximum absolute atomic E-state index is 12.2. The molecule has 1 aromatic carbocycles. The van der Waals surface area contributed by atoms with Crippen molar-refractivity contribution in [3.05, 3.63) is 65.2 Å². The van der Waals surface area contributed by atoms with Crippen LogP contribution < -0.4 is 5.32 Å². The molecule has 0 aliphatic rings. The first-order valence-electron chi connectivity index (χ1n) is 6.00. The van der Waals surface area contributed by atoms with Gasteiger partial charge in [-0.3, -0.25) is 9.78 Å². The van der Waals surface area contributed by atoms with Gasteiger partial charge in [-0.15, -0.1) is 0 Å². The molecule has 0 unspecified atom stereocenters. The van der Waals surface area contributed by atoms with E-state index < -0.39 is 0 Å². The zero-order valence-corrected chi connectivity index (χ0v) is 12.0. The fourth-order valence-electron chi connectivity index (χ4n) is 1.93. The van der Waals surface area contributed by atoms with Crippen molar-refractivity contribution in [2.75, 3.05) is 5.32 Å². The van der Waals surface area contributed by atoms with Crippen molar-refractivity contribution in [3.8, 4) is 0 Å². The zero-order chi connectivity index (χ0) is 13.9. The molecule has 2 heterocycles. The van der Waals surface area contributed by atoms with E-state index in [1.165, 1.54) is 0 Å². The third kappa shape index (κ3) is 2.53. The number of hydrogen-bond donors (Lipinski definition) is 1. The van der Waals surface area contributed by atoms with Crippen LogP contribution in [0.4, 0.5) is 5.69 Å². The van der Waals surface area contributed by atoms with E-state index in [1.807, 2.05) is 24.3 Å². The predicted octanol–water partition coefficient (Wildman–Crippen LogP) is 3.64. The van der Waals surface area contributed by atoms with Crippen LogP contribution in [0.2, 0.25) is 0 Å². The SMILES string of the molecule is O=C(Nc1cccc2cnccc12)c1ccc(Br)cn1. The first kappa shape index (κ1) is 12.7. The number of amides is 1. The minimum absolute atomic E-state index is 0.234. The summed E-state index contributed by atoms with van der Waals surface area (Å²) in [6.07, 6.45) is 5.07. The number of carbonyl (C=O) groups is 1. The molecule has 1 N–H and O–H groups in total. The van der Waals surface area contributed by atoms with Crippen LogP contribution in [0, 0.1) is 0 Å². The Hall–Kier alpha value is -2.27. The predicted molar refractivity (Wildman–Crippen MR) is 81.6 cm³/mol. The molecule has 0 saturated heterocycles. The molecule has 1 amide bonds. The standard InChI is InChI=1S/C15H10BrN3O/c16-11-4-5-14(18-9-11)15(20)19-13-3-1-2-10-8-17-7-6-12(10)13/h1-9H,(H,19,20). The highest BCUT2D eigenvalue weighted by atomic mass is 79.9. The van der Waals surface area contributed by atoms with Gasteiger partial charge in [0.2, 0.25) is 0 Å². The van der Waals surface area contributed by atoms with E-state index >= 15 is 0 Å². The van der Waals surface area contributed by atoms with Gasteiger partial charge in [-0.1, -0.05) is 12.1 Å². The zero-order valence-electron chi connectivity index (χ0n) is 10.4. The molecule has 0 fully saturated rings. The van der Waals surface area contributed by atoms with Crippen LogP contribution in [-0.4, -0.2) is 15.9 Å². The molecule has 0 atom stereocenters. The number of aromatic nitrogens is 2. The maximum Gasteiger partial charge on any atom is 0.274 e. The van der Waals surface area contributed by atoms with Crippen LogP contribution in [0.15, 0.2) is 59.5 Å². The fourth-order valence-corrected chi connectivity index (χ4v) is 2.16. The Bertz CT molecular complexity index is 766. The molecular formula is C15H10BrN3O. The van der Waals surface area contributed by atoms with E-state index in [0.717, 1.165) is 20.9 Å². The summed E-state index contributed by atoms with van der Waals surface area (Å²) in [5.41, 5.74) is 1.12. The summed E-state index contributed by atoms with van der Waals surface area (Å²) in [6.45, 7) is 0. The molecule has 0 aliphatic heterocycles. The molecular weight excluding hydrogens is 318 g/mol. The molecule has 98 valence electrons. The lowest BCUT2D eigenvalue weighted by atomic mass is 10.1. The third-order valence-electron chi connectivity index (χ3n) is 2.89. The molecule has 20 heavy (non-hydrogen) atoms. The van der Waals surface area contributed by atoms with E-state index in [9.17, 15) is 4.79 Å². The summed E-state index contributed by atoms with van der Waals surface area (Å²) in [6, 6.07) is 11.0. The van der Waals surface area contributed by atoms with Gasteiger partial charge in [-0.05, 0) is 40.2 Å². The van der Waals surface area contributed by atoms with Gasteiger partial charge in [-0.25, -0.2) is 4.98 Å². The van der Waals surface area contributed by atoms with Crippen molar-refractivity contribution in [1.29, 1.82) is 0 Å². The average molecular weight is 328 g/mol. The molecule has 3 aromatic rings. The van der Waals surface area contributed by atoms with E-state index in [-0.39, 0.29) is 5.91 Å². The molecule has 4 nitrogen and oxygen atoms in total. The lowest BCUT2D eigenvalue weighted by Crippen LogP contribution is -2.13. The summed E-state index contributed by atoms with van der Waals surface area (Å²) >= 11 is 3.29. The Morgan fingerprint density at radius 1 is 1.10 bits per heavy atom. The van der Waals surface area contributed by atoms with Gasteiger partial charge >= 0.3 is 0 Å². The highest BCUT2D eigenvalue weighted by Gasteiger charge is 2.09. The number of halogens is 1. The van der Waals surface area contributed by atoms with E-state index in [0.29, 0.717) is 5.69 Å². The van der Waals surface area contributed by atoms with E-state index in [2.05, 4.69) is 31.2 Å². The van der Waals surface area contributed by atoms with Crippen LogP contribution in [0.25, 0.3) is 10.8 Å². The molecule has 5 heteroatoms. The number of pyridine rings is 2. The van der Waals surface area contributed by atoms with Gasteiger partial charge in [0.25, 0.3) is 5.91 Å². The highest BCUT2D eigenvalue weighted by Crippen LogP contribution is 2.22. The normalized spacial score (nSPS) is 10.4. The monoisotopic (exact) mass is 327 g/mol. The molecule has 2 aromatic heterocycles. The number of carbonyl (C=O) groups excluding carboxylic acids is 1. The second-order valence-electron chi connectivity index (χ2n) is 4.22. The van der Waals surface area contributed by atoms with Crippen LogP contribution in [0.1, 0.15) is 10.5 Å². The third-order valence-corrected chi connectivity index (χ3v) is 3.36. The lowest BCUT2D eigenvalue weighted by Gasteiger charge is -2.08. The number of nitrogens with zero attached hydrogens (tertiary/aromatic N) is 2. The Kier molecular flexibility index (Phi) is 3.43. The largest absolute Gasteiger partial charge is 0.320 e. The molecule has 0 spiro atoms. The Morgan fingerprint density at radius 3 is 2.80 bits per heavy atom. The van der Waals surface area contributed by atoms with Gasteiger partial charge in [0, 0.05) is 39.5 Å². The topological polar surface area (TPSA) is 54.9 Å². The first-order chi connectivity index (χ1) is 9.74. The van der Waals surface area contributed by atoms with Crippen LogP contribution >= 0.6 is 15.9 Å². The van der Waals surface area contributed by atoms with Crippen molar-refractivity contribution < 1.29 is 4.79 Å². The van der Waals surface area contributed by atoms with Crippen LogP contribution in [0.5, 0.6) is 0 Å². The van der Waals surface area contributed by atoms with Crippen molar-refractivity contribution in [1.82, 2.24) is 9.97 Å². The van der Waals surface area contributed by atoms with Gasteiger partial charge in [0.15, 0.2) is 0 Å². The molecule has 0 aliphatic carbocycles. The number of rotatable bonds is 2. The van der Waals surface area contributed by atoms with Gasteiger partial charge < -0.3 is 5.32 Å². The fraction of sp³-hybridized carbons (Fsp3) is 0. The second-order valence-corrected chi connectivity index (χ2v) is 5.13. The van der Waals surface area contributed by atoms with Gasteiger partial charge in [0.1, 0.15) is 5.69 Å². The smallest absolute Gasteiger partial charge is 0.274 e. The lowest BCUT2D eigenvalue weighted by molar-refractivity contribution is 0.102. The summed E-state index contributed by atoms with van der Waals surface area (Å²) in [4.78, 5) is 20.3. The number of benzene rings is 1. The molecule has 0 bridgehead atoms. The van der Waals surface area contributed by atoms with Crippen LogP contribution in [-0.2, 0) is 0 Å². The quantitative estimate of drug-likeness (QED) is 0.781. The second kappa shape index (κ2) is 5.38. The molecule has 3 rings (SSSR count). The Balaban J connectivity index is 1.93. The summed E-state index contributed by atoms with van der Waals surface area (Å²) < 4.78 is 0.838. The van der Waals surface area contributed by atoms with Crippen molar-refractivity contribution >= 4 is 38.3 Å². The minimum Gasteiger partial charge on any atom is -0.320 e. The average Bonchev–Trinajstić information content (AvgIpc) is 2.48. The Morgan fingerprint density at radius 2 is 2.00 bits per heavy atom. The molecule has 0 radical (unpaired) electrons. The Labute approximate surface area is 124 Å². The van der Waals surface area contributed by atoms with E-state index in [4.69, 9.17) is 0 Å². The first-order valence-corrected chi connectivity index (χ1v) is 6.79. The number of hydrogen-bond acceptors (Lipinski definition) is 3. The van der Waals surface area contributed by atoms with Crippen molar-refractivity contribution in [2.24, 2.45) is 0 Å². The van der Waals surface area contributed by atoms with Gasteiger partial charge in [-0.2, -0.15) is 0 Å². The minimum atomic E-state index is -0.234. The number of anilines is 1. The number of fused-ring (bicyclic) bond motifs is 1. The summed E-state index contributed by atoms with van der Waals surface area (Å²) in [7, 11) is 0. The van der Waals surface area contributed by atoms with Gasteiger partial charge in [0.05, 0.1) is 0 Å². The summed E-state index contributed by atoms with van der Waals surface area (Å²) in [5, 5.41) is 4.81.